The van der Waals surface area contributed by atoms with E-state index in [1.807, 2.05) is 0 Å². The molecule has 0 amide bonds. The molecule has 0 unspecified atom stereocenters. The molecule has 3 rings (SSSR count). The van der Waals surface area contributed by atoms with Gasteiger partial charge in [-0.05, 0) is 24.8 Å². The average molecular weight is 350 g/mol. The van der Waals surface area contributed by atoms with E-state index in [1.54, 1.807) is 6.07 Å². The molecule has 0 bridgehead atoms. The highest BCUT2D eigenvalue weighted by atomic mass is 35.5. The zero-order chi connectivity index (χ0) is 14.1. The van der Waals surface area contributed by atoms with E-state index in [9.17, 15) is 15.2 Å². The Kier molecular flexibility index (Phi) is 6.87. The van der Waals surface area contributed by atoms with Crippen molar-refractivity contribution in [3.63, 3.8) is 0 Å². The van der Waals surface area contributed by atoms with Crippen LogP contribution < -0.4 is 5.32 Å². The number of hydrogen-bond acceptors (Lipinski definition) is 5. The molecule has 1 saturated carbocycles. The molecule has 1 aliphatic carbocycles. The van der Waals surface area contributed by atoms with Crippen LogP contribution in [0.2, 0.25) is 0 Å². The van der Waals surface area contributed by atoms with E-state index in [0.29, 0.717) is 11.5 Å². The number of nitro groups is 1. The summed E-state index contributed by atoms with van der Waals surface area (Å²) in [6, 6.07) is 4.46. The Bertz CT molecular complexity index is 520. The zero-order valence-electron chi connectivity index (χ0n) is 12.1. The summed E-state index contributed by atoms with van der Waals surface area (Å²) in [6.45, 7) is 3.70. The molecule has 1 aromatic carbocycles. The molecule has 1 saturated heterocycles. The minimum Gasteiger partial charge on any atom is -0.508 e. The number of nitrogens with one attached hydrogen (secondary N) is 1. The number of hydrogen-bond donors (Lipinski definition) is 2. The van der Waals surface area contributed by atoms with E-state index < -0.39 is 4.92 Å². The fourth-order valence-corrected chi connectivity index (χ4v) is 3.01. The topological polar surface area (TPSA) is 78.6 Å². The first-order valence-electron chi connectivity index (χ1n) is 7.09. The first-order chi connectivity index (χ1) is 9.66. The maximum Gasteiger partial charge on any atom is 0.270 e. The molecule has 0 radical (unpaired) electrons. The summed E-state index contributed by atoms with van der Waals surface area (Å²) in [5.74, 6) is 0.687. The van der Waals surface area contributed by atoms with Gasteiger partial charge in [-0.15, -0.1) is 24.8 Å². The number of aromatic hydroxyl groups is 1. The van der Waals surface area contributed by atoms with Gasteiger partial charge >= 0.3 is 0 Å². The van der Waals surface area contributed by atoms with Crippen molar-refractivity contribution in [1.29, 1.82) is 0 Å². The largest absolute Gasteiger partial charge is 0.508 e. The molecular formula is C14H21Cl2N3O3. The van der Waals surface area contributed by atoms with Crippen LogP contribution in [0.15, 0.2) is 18.2 Å². The number of nitro benzene ring substituents is 1. The molecule has 22 heavy (non-hydrogen) atoms. The lowest BCUT2D eigenvalue weighted by atomic mass is 9.98. The van der Waals surface area contributed by atoms with Crippen LogP contribution in [-0.4, -0.2) is 41.1 Å². The van der Waals surface area contributed by atoms with E-state index in [0.717, 1.165) is 39.0 Å². The smallest absolute Gasteiger partial charge is 0.270 e. The normalized spacial score (nSPS) is 19.6. The van der Waals surface area contributed by atoms with E-state index >= 15 is 0 Å². The minimum absolute atomic E-state index is 0. The first kappa shape index (κ1) is 19.0. The molecule has 1 heterocycles. The van der Waals surface area contributed by atoms with Crippen LogP contribution in [0.5, 0.6) is 5.75 Å². The van der Waals surface area contributed by atoms with Crippen molar-refractivity contribution < 1.29 is 10.0 Å². The molecule has 0 aromatic heterocycles. The van der Waals surface area contributed by atoms with Crippen LogP contribution in [-0.2, 0) is 0 Å². The molecule has 2 N–H and O–H groups in total. The van der Waals surface area contributed by atoms with Crippen molar-refractivity contribution in [1.82, 2.24) is 10.2 Å². The zero-order valence-corrected chi connectivity index (χ0v) is 13.7. The van der Waals surface area contributed by atoms with E-state index in [2.05, 4.69) is 10.2 Å². The van der Waals surface area contributed by atoms with Gasteiger partial charge in [0.2, 0.25) is 0 Å². The Balaban J connectivity index is 0.00000121. The summed E-state index contributed by atoms with van der Waals surface area (Å²) >= 11 is 0. The van der Waals surface area contributed by atoms with Crippen molar-refractivity contribution in [2.45, 2.75) is 18.9 Å². The third-order valence-corrected chi connectivity index (χ3v) is 4.15. The van der Waals surface area contributed by atoms with Gasteiger partial charge in [0, 0.05) is 49.9 Å². The Morgan fingerprint density at radius 2 is 1.91 bits per heavy atom. The van der Waals surface area contributed by atoms with Gasteiger partial charge in [-0.2, -0.15) is 0 Å². The summed E-state index contributed by atoms with van der Waals surface area (Å²) in [6.07, 6.45) is 2.27. The quantitative estimate of drug-likeness (QED) is 0.644. The SMILES string of the molecule is Cl.Cl.O=[N+]([O-])c1ccc(O)c([C@@H](C2CC2)N2CCNCC2)c1. The van der Waals surface area contributed by atoms with Crippen molar-refractivity contribution in [3.8, 4) is 5.75 Å². The van der Waals surface area contributed by atoms with Crippen molar-refractivity contribution in [3.05, 3.63) is 33.9 Å². The molecule has 8 heteroatoms. The molecule has 6 nitrogen and oxygen atoms in total. The molecule has 1 aliphatic heterocycles. The van der Waals surface area contributed by atoms with Crippen LogP contribution in [0.25, 0.3) is 0 Å². The van der Waals surface area contributed by atoms with Crippen LogP contribution in [0.3, 0.4) is 0 Å². The van der Waals surface area contributed by atoms with Gasteiger partial charge in [-0.3, -0.25) is 15.0 Å². The second kappa shape index (κ2) is 7.97. The summed E-state index contributed by atoms with van der Waals surface area (Å²) in [5.41, 5.74) is 0.766. The van der Waals surface area contributed by atoms with Crippen LogP contribution in [0.1, 0.15) is 24.4 Å². The summed E-state index contributed by atoms with van der Waals surface area (Å²) in [5, 5.41) is 24.4. The maximum absolute atomic E-state index is 10.9. The fraction of sp³-hybridized carbons (Fsp3) is 0.571. The molecule has 1 atom stereocenters. The molecule has 1 aromatic rings. The van der Waals surface area contributed by atoms with E-state index in [-0.39, 0.29) is 42.3 Å². The van der Waals surface area contributed by atoms with Gasteiger partial charge in [0.25, 0.3) is 5.69 Å². The molecular weight excluding hydrogens is 329 g/mol. The number of piperazine rings is 1. The molecule has 2 aliphatic rings. The van der Waals surface area contributed by atoms with Crippen LogP contribution in [0, 0.1) is 16.0 Å². The van der Waals surface area contributed by atoms with E-state index in [4.69, 9.17) is 0 Å². The number of phenolic OH excluding ortho intramolecular Hbond substituents is 1. The van der Waals surface area contributed by atoms with Gasteiger partial charge in [0.1, 0.15) is 5.75 Å². The van der Waals surface area contributed by atoms with Gasteiger partial charge in [0.15, 0.2) is 0 Å². The highest BCUT2D eigenvalue weighted by Crippen LogP contribution is 2.47. The Labute approximate surface area is 141 Å². The standard InChI is InChI=1S/C14H19N3O3.2ClH/c18-13-4-3-11(17(19)20)9-12(13)14(10-1-2-10)16-7-5-15-6-8-16;;/h3-4,9-10,14-15,18H,1-2,5-8H2;2*1H/t14-;;/m1../s1. The first-order valence-corrected chi connectivity index (χ1v) is 7.09. The second-order valence-corrected chi connectivity index (χ2v) is 5.57. The molecule has 124 valence electrons. The third kappa shape index (κ3) is 4.01. The van der Waals surface area contributed by atoms with Gasteiger partial charge in [-0.1, -0.05) is 0 Å². The van der Waals surface area contributed by atoms with E-state index in [1.165, 1.54) is 12.1 Å². The number of halogens is 2. The van der Waals surface area contributed by atoms with Crippen molar-refractivity contribution in [2.75, 3.05) is 26.2 Å². The average Bonchev–Trinajstić information content (AvgIpc) is 3.27. The summed E-state index contributed by atoms with van der Waals surface area (Å²) in [4.78, 5) is 12.9. The summed E-state index contributed by atoms with van der Waals surface area (Å²) in [7, 11) is 0. The Morgan fingerprint density at radius 3 is 2.45 bits per heavy atom. The maximum atomic E-state index is 10.9. The lowest BCUT2D eigenvalue weighted by Crippen LogP contribution is -2.45. The number of rotatable bonds is 4. The number of phenols is 1. The highest BCUT2D eigenvalue weighted by molar-refractivity contribution is 5.85. The molecule has 0 spiro atoms. The Hall–Kier alpha value is -1.08. The predicted octanol–water partition coefficient (Wildman–Crippen LogP) is 2.50. The number of benzene rings is 1. The van der Waals surface area contributed by atoms with Gasteiger partial charge in [-0.25, -0.2) is 0 Å². The summed E-state index contributed by atoms with van der Waals surface area (Å²) < 4.78 is 0. The fourth-order valence-electron chi connectivity index (χ4n) is 3.01. The monoisotopic (exact) mass is 349 g/mol. The van der Waals surface area contributed by atoms with Gasteiger partial charge < -0.3 is 10.4 Å². The second-order valence-electron chi connectivity index (χ2n) is 5.57. The van der Waals surface area contributed by atoms with Crippen LogP contribution in [0.4, 0.5) is 5.69 Å². The van der Waals surface area contributed by atoms with Crippen molar-refractivity contribution in [2.24, 2.45) is 5.92 Å². The number of non-ortho nitro benzene ring substituents is 1. The highest BCUT2D eigenvalue weighted by Gasteiger charge is 2.38. The molecule has 2 fully saturated rings. The number of nitrogens with zero attached hydrogens (tertiary/aromatic N) is 2. The van der Waals surface area contributed by atoms with Gasteiger partial charge in [0.05, 0.1) is 4.92 Å². The lowest BCUT2D eigenvalue weighted by molar-refractivity contribution is -0.385. The minimum atomic E-state index is -0.398. The predicted molar refractivity (Wildman–Crippen MR) is 89.2 cm³/mol. The third-order valence-electron chi connectivity index (χ3n) is 4.15. The van der Waals surface area contributed by atoms with Crippen molar-refractivity contribution >= 4 is 30.5 Å². The van der Waals surface area contributed by atoms with Crippen LogP contribution >= 0.6 is 24.8 Å². The Morgan fingerprint density at radius 1 is 1.27 bits per heavy atom. The lowest BCUT2D eigenvalue weighted by Gasteiger charge is -2.35.